The van der Waals surface area contributed by atoms with Gasteiger partial charge in [0, 0.05) is 36.0 Å². The first-order chi connectivity index (χ1) is 10.1. The van der Waals surface area contributed by atoms with Crippen molar-refractivity contribution in [1.82, 2.24) is 9.97 Å². The Balaban J connectivity index is 2.17. The lowest BCUT2D eigenvalue weighted by atomic mass is 10.1. The number of hydrogen-bond acceptors (Lipinski definition) is 5. The number of anilines is 1. The van der Waals surface area contributed by atoms with Crippen LogP contribution in [0.2, 0.25) is 0 Å². The van der Waals surface area contributed by atoms with Gasteiger partial charge in [0.15, 0.2) is 5.82 Å². The van der Waals surface area contributed by atoms with E-state index in [0.29, 0.717) is 5.82 Å². The van der Waals surface area contributed by atoms with E-state index in [1.54, 1.807) is 12.1 Å². The first-order valence-corrected chi connectivity index (χ1v) is 6.93. The van der Waals surface area contributed by atoms with Crippen LogP contribution in [0.4, 0.5) is 11.5 Å². The summed E-state index contributed by atoms with van der Waals surface area (Å²) in [5.74, 6) is 1.39. The molecule has 0 radical (unpaired) electrons. The van der Waals surface area contributed by atoms with Crippen LogP contribution in [0.5, 0.6) is 0 Å². The SMILES string of the molecule is CNc1nc(-c2cc([N+](=O)[O-])ccc2C)nc2c1CCC2. The molecule has 1 aromatic heterocycles. The Kier molecular flexibility index (Phi) is 3.29. The molecule has 21 heavy (non-hydrogen) atoms. The maximum atomic E-state index is 11.0. The fourth-order valence-electron chi connectivity index (χ4n) is 2.72. The quantitative estimate of drug-likeness (QED) is 0.692. The topological polar surface area (TPSA) is 81.0 Å². The maximum absolute atomic E-state index is 11.0. The van der Waals surface area contributed by atoms with E-state index in [4.69, 9.17) is 0 Å². The third-order valence-corrected chi connectivity index (χ3v) is 3.84. The monoisotopic (exact) mass is 284 g/mol. The molecular formula is C15H16N4O2. The number of nitro groups is 1. The Morgan fingerprint density at radius 1 is 1.29 bits per heavy atom. The molecule has 1 aliphatic rings. The van der Waals surface area contributed by atoms with E-state index in [0.717, 1.165) is 41.9 Å². The van der Waals surface area contributed by atoms with Crippen molar-refractivity contribution in [3.8, 4) is 11.4 Å². The van der Waals surface area contributed by atoms with Crippen LogP contribution in [0, 0.1) is 17.0 Å². The van der Waals surface area contributed by atoms with Gasteiger partial charge >= 0.3 is 0 Å². The zero-order valence-electron chi connectivity index (χ0n) is 12.0. The Morgan fingerprint density at radius 3 is 2.81 bits per heavy atom. The van der Waals surface area contributed by atoms with E-state index in [9.17, 15) is 10.1 Å². The van der Waals surface area contributed by atoms with Crippen LogP contribution >= 0.6 is 0 Å². The van der Waals surface area contributed by atoms with Crippen molar-refractivity contribution in [3.05, 3.63) is 45.1 Å². The van der Waals surface area contributed by atoms with Gasteiger partial charge in [-0.1, -0.05) is 6.07 Å². The van der Waals surface area contributed by atoms with Gasteiger partial charge < -0.3 is 5.32 Å². The Bertz CT molecular complexity index is 728. The van der Waals surface area contributed by atoms with Gasteiger partial charge in [0.05, 0.1) is 4.92 Å². The van der Waals surface area contributed by atoms with Crippen LogP contribution in [0.25, 0.3) is 11.4 Å². The number of nitrogens with zero attached hydrogens (tertiary/aromatic N) is 3. The van der Waals surface area contributed by atoms with Crippen LogP contribution < -0.4 is 5.32 Å². The molecule has 0 aliphatic heterocycles. The van der Waals surface area contributed by atoms with Gasteiger partial charge in [0.1, 0.15) is 5.82 Å². The molecule has 0 spiro atoms. The summed E-state index contributed by atoms with van der Waals surface area (Å²) in [5, 5.41) is 14.1. The molecule has 0 atom stereocenters. The third-order valence-electron chi connectivity index (χ3n) is 3.84. The second kappa shape index (κ2) is 5.12. The highest BCUT2D eigenvalue weighted by atomic mass is 16.6. The molecule has 1 N–H and O–H groups in total. The van der Waals surface area contributed by atoms with E-state index in [-0.39, 0.29) is 5.69 Å². The highest BCUT2D eigenvalue weighted by molar-refractivity contribution is 5.66. The molecule has 1 heterocycles. The summed E-state index contributed by atoms with van der Waals surface area (Å²) in [5.41, 5.74) is 3.93. The van der Waals surface area contributed by atoms with Crippen molar-refractivity contribution >= 4 is 11.5 Å². The average molecular weight is 284 g/mol. The Morgan fingerprint density at radius 2 is 2.10 bits per heavy atom. The smallest absolute Gasteiger partial charge is 0.270 e. The van der Waals surface area contributed by atoms with E-state index in [1.165, 1.54) is 11.6 Å². The number of fused-ring (bicyclic) bond motifs is 1. The highest BCUT2D eigenvalue weighted by Gasteiger charge is 2.20. The van der Waals surface area contributed by atoms with Gasteiger partial charge in [0.2, 0.25) is 0 Å². The van der Waals surface area contributed by atoms with Crippen LogP contribution in [0.3, 0.4) is 0 Å². The lowest BCUT2D eigenvalue weighted by Gasteiger charge is -2.11. The molecule has 6 nitrogen and oxygen atoms in total. The summed E-state index contributed by atoms with van der Waals surface area (Å²) in [6.07, 6.45) is 3.00. The van der Waals surface area contributed by atoms with Crippen molar-refractivity contribution in [2.24, 2.45) is 0 Å². The largest absolute Gasteiger partial charge is 0.373 e. The van der Waals surface area contributed by atoms with Crippen LogP contribution in [-0.4, -0.2) is 21.9 Å². The number of nitrogens with one attached hydrogen (secondary N) is 1. The zero-order valence-corrected chi connectivity index (χ0v) is 12.0. The summed E-state index contributed by atoms with van der Waals surface area (Å²) < 4.78 is 0. The molecular weight excluding hydrogens is 268 g/mol. The van der Waals surface area contributed by atoms with Crippen LogP contribution in [0.15, 0.2) is 18.2 Å². The first kappa shape index (κ1) is 13.5. The van der Waals surface area contributed by atoms with Gasteiger partial charge in [-0.2, -0.15) is 0 Å². The lowest BCUT2D eigenvalue weighted by molar-refractivity contribution is -0.384. The van der Waals surface area contributed by atoms with Gasteiger partial charge in [-0.3, -0.25) is 10.1 Å². The molecule has 1 aliphatic carbocycles. The third kappa shape index (κ3) is 2.33. The molecule has 108 valence electrons. The Hall–Kier alpha value is -2.50. The second-order valence-corrected chi connectivity index (χ2v) is 5.18. The number of aryl methyl sites for hydroxylation is 2. The fourth-order valence-corrected chi connectivity index (χ4v) is 2.72. The molecule has 0 saturated heterocycles. The molecule has 0 bridgehead atoms. The van der Waals surface area contributed by atoms with Gasteiger partial charge in [-0.15, -0.1) is 0 Å². The molecule has 0 saturated carbocycles. The molecule has 3 rings (SSSR count). The number of non-ortho nitro benzene ring substituents is 1. The number of benzene rings is 1. The van der Waals surface area contributed by atoms with Crippen LogP contribution in [0.1, 0.15) is 23.2 Å². The molecule has 1 aromatic carbocycles. The summed E-state index contributed by atoms with van der Waals surface area (Å²) in [4.78, 5) is 19.7. The minimum Gasteiger partial charge on any atom is -0.373 e. The minimum absolute atomic E-state index is 0.0608. The van der Waals surface area contributed by atoms with Gasteiger partial charge in [0.25, 0.3) is 5.69 Å². The van der Waals surface area contributed by atoms with Gasteiger partial charge in [-0.05, 0) is 31.7 Å². The number of rotatable bonds is 3. The standard InChI is InChI=1S/C15H16N4O2/c1-9-6-7-10(19(20)21)8-12(9)15-17-13-5-3-4-11(13)14(16-2)18-15/h6-8H,3-5H2,1-2H3,(H,16,17,18). The first-order valence-electron chi connectivity index (χ1n) is 6.93. The Labute approximate surface area is 122 Å². The summed E-state index contributed by atoms with van der Waals surface area (Å²) in [6, 6.07) is 4.79. The average Bonchev–Trinajstić information content (AvgIpc) is 2.94. The van der Waals surface area contributed by atoms with Crippen molar-refractivity contribution in [2.75, 3.05) is 12.4 Å². The number of aromatic nitrogens is 2. The zero-order chi connectivity index (χ0) is 15.0. The van der Waals surface area contributed by atoms with Crippen molar-refractivity contribution < 1.29 is 4.92 Å². The van der Waals surface area contributed by atoms with Crippen LogP contribution in [-0.2, 0) is 12.8 Å². The van der Waals surface area contributed by atoms with E-state index in [1.807, 2.05) is 14.0 Å². The predicted octanol–water partition coefficient (Wildman–Crippen LogP) is 2.89. The number of hydrogen-bond donors (Lipinski definition) is 1. The normalized spacial score (nSPS) is 13.0. The lowest BCUT2D eigenvalue weighted by Crippen LogP contribution is -2.04. The minimum atomic E-state index is -0.394. The summed E-state index contributed by atoms with van der Waals surface area (Å²) >= 11 is 0. The maximum Gasteiger partial charge on any atom is 0.270 e. The summed E-state index contributed by atoms with van der Waals surface area (Å²) in [7, 11) is 1.84. The van der Waals surface area contributed by atoms with E-state index >= 15 is 0 Å². The molecule has 0 unspecified atom stereocenters. The van der Waals surface area contributed by atoms with Gasteiger partial charge in [-0.25, -0.2) is 9.97 Å². The molecule has 2 aromatic rings. The predicted molar refractivity (Wildman–Crippen MR) is 80.4 cm³/mol. The molecule has 6 heteroatoms. The van der Waals surface area contributed by atoms with E-state index < -0.39 is 4.92 Å². The number of nitro benzene ring substituents is 1. The van der Waals surface area contributed by atoms with E-state index in [2.05, 4.69) is 15.3 Å². The second-order valence-electron chi connectivity index (χ2n) is 5.18. The fraction of sp³-hybridized carbons (Fsp3) is 0.333. The summed E-state index contributed by atoms with van der Waals surface area (Å²) in [6.45, 7) is 1.91. The highest BCUT2D eigenvalue weighted by Crippen LogP contribution is 2.31. The molecule has 0 amide bonds. The van der Waals surface area contributed by atoms with Crippen molar-refractivity contribution in [1.29, 1.82) is 0 Å². The van der Waals surface area contributed by atoms with Crippen molar-refractivity contribution in [3.63, 3.8) is 0 Å². The van der Waals surface area contributed by atoms with Crippen molar-refractivity contribution in [2.45, 2.75) is 26.2 Å². The molecule has 0 fully saturated rings.